The van der Waals surface area contributed by atoms with E-state index < -0.39 is 0 Å². The highest BCUT2D eigenvalue weighted by Gasteiger charge is 2.19. The summed E-state index contributed by atoms with van der Waals surface area (Å²) < 4.78 is 1.65. The van der Waals surface area contributed by atoms with Gasteiger partial charge in [-0.25, -0.2) is 4.98 Å². The number of ketones is 1. The zero-order chi connectivity index (χ0) is 19.7. The Balaban J connectivity index is 1.97. The summed E-state index contributed by atoms with van der Waals surface area (Å²) in [7, 11) is 0. The van der Waals surface area contributed by atoms with Crippen molar-refractivity contribution in [3.05, 3.63) is 111 Å². The maximum atomic E-state index is 13.3. The van der Waals surface area contributed by atoms with Crippen LogP contribution >= 0.6 is 0 Å². The van der Waals surface area contributed by atoms with Crippen LogP contribution in [0.1, 0.15) is 32.7 Å². The van der Waals surface area contributed by atoms with Crippen molar-refractivity contribution in [1.29, 1.82) is 0 Å². The van der Waals surface area contributed by atoms with Gasteiger partial charge < -0.3 is 4.57 Å². The van der Waals surface area contributed by atoms with Crippen LogP contribution in [0.4, 0.5) is 0 Å². The minimum Gasteiger partial charge on any atom is -0.300 e. The van der Waals surface area contributed by atoms with Gasteiger partial charge in [-0.2, -0.15) is 0 Å². The third kappa shape index (κ3) is 3.25. The number of aromatic nitrogens is 2. The van der Waals surface area contributed by atoms with Crippen LogP contribution < -0.4 is 5.56 Å². The first-order valence-corrected chi connectivity index (χ1v) is 9.20. The van der Waals surface area contributed by atoms with Gasteiger partial charge in [0.1, 0.15) is 0 Å². The summed E-state index contributed by atoms with van der Waals surface area (Å²) in [6.07, 6.45) is 0. The van der Waals surface area contributed by atoms with Crippen molar-refractivity contribution in [2.24, 2.45) is 0 Å². The first kappa shape index (κ1) is 17.9. The molecule has 0 spiro atoms. The molecule has 0 radical (unpaired) electrons. The molecule has 0 fully saturated rings. The molecule has 4 heteroatoms. The van der Waals surface area contributed by atoms with Crippen molar-refractivity contribution in [3.63, 3.8) is 0 Å². The smallest absolute Gasteiger partial charge is 0.281 e. The molecular weight excluding hydrogens is 348 g/mol. The molecule has 0 aliphatic heterocycles. The first-order valence-electron chi connectivity index (χ1n) is 9.20. The van der Waals surface area contributed by atoms with E-state index >= 15 is 0 Å². The number of nitrogens with zero attached hydrogens (tertiary/aromatic N) is 2. The molecule has 0 unspecified atom stereocenters. The second kappa shape index (κ2) is 7.24. The number of hydrogen-bond donors (Lipinski definition) is 0. The Morgan fingerprint density at radius 3 is 2.18 bits per heavy atom. The fourth-order valence-electron chi connectivity index (χ4n) is 3.29. The fraction of sp³-hybridized carbons (Fsp3) is 0.125. The largest absolute Gasteiger partial charge is 0.300 e. The van der Waals surface area contributed by atoms with E-state index in [0.717, 1.165) is 22.2 Å². The molecule has 0 atom stereocenters. The third-order valence-electron chi connectivity index (χ3n) is 5.00. The molecule has 0 amide bonds. The van der Waals surface area contributed by atoms with E-state index in [1.165, 1.54) is 0 Å². The molecule has 1 aromatic heterocycles. The quantitative estimate of drug-likeness (QED) is 0.505. The standard InChI is InChI=1S/C24H20N2O2/c1-16-13-20-21(14-17(16)2)26(15-18-9-5-3-6-10-18)24(28)22(25-20)23(27)19-11-7-4-8-12-19/h3-14H,15H2,1-2H3. The Morgan fingerprint density at radius 2 is 1.50 bits per heavy atom. The monoisotopic (exact) mass is 368 g/mol. The van der Waals surface area contributed by atoms with E-state index in [0.29, 0.717) is 17.6 Å². The van der Waals surface area contributed by atoms with E-state index in [1.807, 2.05) is 62.4 Å². The number of rotatable bonds is 4. The maximum absolute atomic E-state index is 13.3. The SMILES string of the molecule is Cc1cc2nc(C(=O)c3ccccc3)c(=O)n(Cc3ccccc3)c2cc1C. The number of fused-ring (bicyclic) bond motifs is 1. The van der Waals surface area contributed by atoms with Crippen molar-refractivity contribution in [1.82, 2.24) is 9.55 Å². The van der Waals surface area contributed by atoms with Crippen LogP contribution in [0, 0.1) is 13.8 Å². The second-order valence-corrected chi connectivity index (χ2v) is 6.96. The number of benzene rings is 3. The molecule has 0 saturated carbocycles. The molecule has 28 heavy (non-hydrogen) atoms. The summed E-state index contributed by atoms with van der Waals surface area (Å²) in [5.41, 5.74) is 4.58. The summed E-state index contributed by atoms with van der Waals surface area (Å²) in [5, 5.41) is 0. The number of carbonyl (C=O) groups excluding carboxylic acids is 1. The van der Waals surface area contributed by atoms with E-state index in [-0.39, 0.29) is 17.0 Å². The Labute approximate surface area is 163 Å². The summed E-state index contributed by atoms with van der Waals surface area (Å²) >= 11 is 0. The number of aryl methyl sites for hydroxylation is 2. The van der Waals surface area contributed by atoms with Crippen LogP contribution in [0.25, 0.3) is 11.0 Å². The molecule has 1 heterocycles. The first-order chi connectivity index (χ1) is 13.5. The molecule has 0 N–H and O–H groups in total. The molecule has 4 aromatic rings. The van der Waals surface area contributed by atoms with Crippen LogP contribution in [0.5, 0.6) is 0 Å². The lowest BCUT2D eigenvalue weighted by molar-refractivity contribution is 0.103. The minimum atomic E-state index is -0.367. The van der Waals surface area contributed by atoms with Gasteiger partial charge in [-0.05, 0) is 42.7 Å². The van der Waals surface area contributed by atoms with Crippen LogP contribution in [0.15, 0.2) is 77.6 Å². The number of hydrogen-bond acceptors (Lipinski definition) is 3. The lowest BCUT2D eigenvalue weighted by atomic mass is 10.1. The van der Waals surface area contributed by atoms with E-state index in [4.69, 9.17) is 0 Å². The fourth-order valence-corrected chi connectivity index (χ4v) is 3.29. The molecule has 138 valence electrons. The van der Waals surface area contributed by atoms with E-state index in [1.54, 1.807) is 28.8 Å². The van der Waals surface area contributed by atoms with Crippen LogP contribution in [-0.4, -0.2) is 15.3 Å². The van der Waals surface area contributed by atoms with Gasteiger partial charge >= 0.3 is 0 Å². The normalized spacial score (nSPS) is 10.9. The van der Waals surface area contributed by atoms with E-state index in [9.17, 15) is 9.59 Å². The Morgan fingerprint density at radius 1 is 0.893 bits per heavy atom. The predicted molar refractivity (Wildman–Crippen MR) is 111 cm³/mol. The highest BCUT2D eigenvalue weighted by molar-refractivity contribution is 6.08. The molecule has 0 saturated heterocycles. The van der Waals surface area contributed by atoms with Crippen LogP contribution in [0.2, 0.25) is 0 Å². The van der Waals surface area contributed by atoms with Crippen molar-refractivity contribution in [2.75, 3.05) is 0 Å². The summed E-state index contributed by atoms with van der Waals surface area (Å²) in [5.74, 6) is -0.354. The zero-order valence-electron chi connectivity index (χ0n) is 15.8. The molecule has 4 nitrogen and oxygen atoms in total. The summed E-state index contributed by atoms with van der Waals surface area (Å²) in [6, 6.07) is 22.5. The zero-order valence-corrected chi connectivity index (χ0v) is 15.8. The Hall–Kier alpha value is -3.53. The van der Waals surface area contributed by atoms with Gasteiger partial charge in [0.15, 0.2) is 5.69 Å². The van der Waals surface area contributed by atoms with Crippen molar-refractivity contribution < 1.29 is 4.79 Å². The summed E-state index contributed by atoms with van der Waals surface area (Å²) in [6.45, 7) is 4.40. The van der Waals surface area contributed by atoms with Crippen molar-refractivity contribution in [3.8, 4) is 0 Å². The van der Waals surface area contributed by atoms with Gasteiger partial charge in [-0.15, -0.1) is 0 Å². The van der Waals surface area contributed by atoms with Gasteiger partial charge in [0.2, 0.25) is 5.78 Å². The van der Waals surface area contributed by atoms with Crippen LogP contribution in [0.3, 0.4) is 0 Å². The highest BCUT2D eigenvalue weighted by Crippen LogP contribution is 2.19. The van der Waals surface area contributed by atoms with Gasteiger partial charge in [-0.1, -0.05) is 60.7 Å². The van der Waals surface area contributed by atoms with Gasteiger partial charge in [-0.3, -0.25) is 9.59 Å². The van der Waals surface area contributed by atoms with Gasteiger partial charge in [0.25, 0.3) is 5.56 Å². The molecule has 3 aromatic carbocycles. The lowest BCUT2D eigenvalue weighted by Gasteiger charge is -2.14. The Bertz CT molecular complexity index is 1230. The highest BCUT2D eigenvalue weighted by atomic mass is 16.1. The van der Waals surface area contributed by atoms with Gasteiger partial charge in [0.05, 0.1) is 17.6 Å². The lowest BCUT2D eigenvalue weighted by Crippen LogP contribution is -2.29. The topological polar surface area (TPSA) is 52.0 Å². The van der Waals surface area contributed by atoms with Crippen molar-refractivity contribution >= 4 is 16.8 Å². The number of carbonyl (C=O) groups is 1. The molecule has 0 aliphatic rings. The molecule has 0 aliphatic carbocycles. The average molecular weight is 368 g/mol. The molecular formula is C24H20N2O2. The average Bonchev–Trinajstić information content (AvgIpc) is 2.72. The van der Waals surface area contributed by atoms with Crippen LogP contribution in [-0.2, 0) is 6.54 Å². The minimum absolute atomic E-state index is 0.0436. The molecule has 4 rings (SSSR count). The second-order valence-electron chi connectivity index (χ2n) is 6.96. The predicted octanol–water partition coefficient (Wildman–Crippen LogP) is 4.29. The summed E-state index contributed by atoms with van der Waals surface area (Å²) in [4.78, 5) is 30.7. The Kier molecular flexibility index (Phi) is 4.62. The van der Waals surface area contributed by atoms with Crippen molar-refractivity contribution in [2.45, 2.75) is 20.4 Å². The maximum Gasteiger partial charge on any atom is 0.281 e. The molecule has 0 bridgehead atoms. The third-order valence-corrected chi connectivity index (χ3v) is 5.00. The van der Waals surface area contributed by atoms with Gasteiger partial charge in [0, 0.05) is 5.56 Å². The van der Waals surface area contributed by atoms with E-state index in [2.05, 4.69) is 4.98 Å².